The molecule has 2 aliphatic rings. The normalized spacial score (nSPS) is 27.8. The Morgan fingerprint density at radius 3 is 2.59 bits per heavy atom. The van der Waals surface area contributed by atoms with Gasteiger partial charge >= 0.3 is 0 Å². The van der Waals surface area contributed by atoms with Gasteiger partial charge in [-0.25, -0.2) is 14.4 Å². The lowest BCUT2D eigenvalue weighted by molar-refractivity contribution is 0.0716. The molecule has 0 bridgehead atoms. The molecule has 4 unspecified atom stereocenters. The highest BCUT2D eigenvalue weighted by Gasteiger charge is 2.42. The molecule has 3 N–H and O–H groups in total. The molecule has 2 saturated carbocycles. The van der Waals surface area contributed by atoms with Crippen molar-refractivity contribution in [1.29, 1.82) is 0 Å². The van der Waals surface area contributed by atoms with E-state index in [1.54, 1.807) is 12.1 Å². The third kappa shape index (κ3) is 4.34. The van der Waals surface area contributed by atoms with Gasteiger partial charge in [0.2, 0.25) is 0 Å². The Kier molecular flexibility index (Phi) is 5.48. The molecule has 0 aliphatic heterocycles. The minimum Gasteiger partial charge on any atom is -0.396 e. The summed E-state index contributed by atoms with van der Waals surface area (Å²) in [6.07, 6.45) is 4.90. The second-order valence-electron chi connectivity index (χ2n) is 7.81. The molecular formula is C21H26FN3O2. The third-order valence-electron chi connectivity index (χ3n) is 5.87. The molecule has 0 saturated heterocycles. The SMILES string of the molecule is OCC1C(O)CC(NCc2ccc(F)cc2)C1Cc1ccnc(C2CC2)n1. The zero-order chi connectivity index (χ0) is 18.8. The van der Waals surface area contributed by atoms with Crippen LogP contribution in [0, 0.1) is 17.7 Å². The quantitative estimate of drug-likeness (QED) is 0.695. The number of benzene rings is 1. The van der Waals surface area contributed by atoms with Gasteiger partial charge in [-0.1, -0.05) is 12.1 Å². The third-order valence-corrected chi connectivity index (χ3v) is 5.87. The van der Waals surface area contributed by atoms with E-state index >= 15 is 0 Å². The molecule has 1 heterocycles. The summed E-state index contributed by atoms with van der Waals surface area (Å²) in [5.41, 5.74) is 1.97. The van der Waals surface area contributed by atoms with Crippen LogP contribution in [0.5, 0.6) is 0 Å². The number of aliphatic hydroxyl groups is 2. The fraction of sp³-hybridized carbons (Fsp3) is 0.524. The van der Waals surface area contributed by atoms with E-state index in [-0.39, 0.29) is 30.3 Å². The van der Waals surface area contributed by atoms with E-state index in [2.05, 4.69) is 10.3 Å². The average molecular weight is 371 g/mol. The lowest BCUT2D eigenvalue weighted by Gasteiger charge is -2.25. The molecule has 0 radical (unpaired) electrons. The molecule has 27 heavy (non-hydrogen) atoms. The summed E-state index contributed by atoms with van der Waals surface area (Å²) < 4.78 is 13.1. The molecule has 0 spiro atoms. The Balaban J connectivity index is 1.46. The van der Waals surface area contributed by atoms with Gasteiger partial charge in [0.15, 0.2) is 0 Å². The van der Waals surface area contributed by atoms with Crippen molar-refractivity contribution < 1.29 is 14.6 Å². The number of nitrogens with one attached hydrogen (secondary N) is 1. The Hall–Kier alpha value is -1.89. The number of aromatic nitrogens is 2. The first-order valence-corrected chi connectivity index (χ1v) is 9.72. The molecular weight excluding hydrogens is 345 g/mol. The van der Waals surface area contributed by atoms with Crippen molar-refractivity contribution in [3.63, 3.8) is 0 Å². The van der Waals surface area contributed by atoms with Crippen molar-refractivity contribution in [3.8, 4) is 0 Å². The van der Waals surface area contributed by atoms with Crippen molar-refractivity contribution in [2.24, 2.45) is 11.8 Å². The van der Waals surface area contributed by atoms with Crippen molar-refractivity contribution in [3.05, 3.63) is 59.4 Å². The van der Waals surface area contributed by atoms with Crippen LogP contribution in [0.4, 0.5) is 4.39 Å². The Labute approximate surface area is 158 Å². The molecule has 6 heteroatoms. The summed E-state index contributed by atoms with van der Waals surface area (Å²) in [6.45, 7) is 0.560. The van der Waals surface area contributed by atoms with Crippen molar-refractivity contribution in [2.45, 2.75) is 50.3 Å². The lowest BCUT2D eigenvalue weighted by Crippen LogP contribution is -2.36. The summed E-state index contributed by atoms with van der Waals surface area (Å²) in [6, 6.07) is 8.43. The second-order valence-corrected chi connectivity index (χ2v) is 7.81. The van der Waals surface area contributed by atoms with E-state index in [0.717, 1.165) is 29.9 Å². The highest BCUT2D eigenvalue weighted by atomic mass is 19.1. The molecule has 4 rings (SSSR count). The zero-order valence-corrected chi connectivity index (χ0v) is 15.3. The second kappa shape index (κ2) is 8.00. The monoisotopic (exact) mass is 371 g/mol. The standard InChI is InChI=1S/C21H26FN3O2/c22-15-5-1-13(2-6-15)11-24-19-10-20(27)18(12-26)17(19)9-16-7-8-23-21(25-16)14-3-4-14/h1-2,5-8,14,17-20,24,26-27H,3-4,9-12H2. The van der Waals surface area contributed by atoms with Gasteiger partial charge in [-0.2, -0.15) is 0 Å². The molecule has 2 fully saturated rings. The highest BCUT2D eigenvalue weighted by Crippen LogP contribution is 2.38. The van der Waals surface area contributed by atoms with Gasteiger partial charge in [0.1, 0.15) is 11.6 Å². The molecule has 1 aromatic heterocycles. The zero-order valence-electron chi connectivity index (χ0n) is 15.3. The van der Waals surface area contributed by atoms with Crippen LogP contribution in [-0.2, 0) is 13.0 Å². The molecule has 2 aromatic rings. The van der Waals surface area contributed by atoms with Crippen LogP contribution in [0.15, 0.2) is 36.5 Å². The summed E-state index contributed by atoms with van der Waals surface area (Å²) in [5.74, 6) is 1.09. The maximum Gasteiger partial charge on any atom is 0.131 e. The average Bonchev–Trinajstić information content (AvgIpc) is 3.47. The van der Waals surface area contributed by atoms with Gasteiger partial charge < -0.3 is 15.5 Å². The Morgan fingerprint density at radius 2 is 1.89 bits per heavy atom. The molecule has 5 nitrogen and oxygen atoms in total. The van der Waals surface area contributed by atoms with Crippen LogP contribution in [0.1, 0.15) is 42.3 Å². The largest absolute Gasteiger partial charge is 0.396 e. The van der Waals surface area contributed by atoms with Crippen molar-refractivity contribution >= 4 is 0 Å². The van der Waals surface area contributed by atoms with Gasteiger partial charge in [-0.05, 0) is 55.4 Å². The molecule has 1 aromatic carbocycles. The summed E-state index contributed by atoms with van der Waals surface area (Å²) >= 11 is 0. The van der Waals surface area contributed by atoms with Crippen molar-refractivity contribution in [1.82, 2.24) is 15.3 Å². The van der Waals surface area contributed by atoms with E-state index in [1.807, 2.05) is 12.3 Å². The lowest BCUT2D eigenvalue weighted by atomic mass is 9.88. The predicted octanol–water partition coefficient (Wildman–Crippen LogP) is 2.18. The van der Waals surface area contributed by atoms with Crippen LogP contribution >= 0.6 is 0 Å². The van der Waals surface area contributed by atoms with E-state index in [0.29, 0.717) is 25.3 Å². The fourth-order valence-electron chi connectivity index (χ4n) is 4.14. The number of hydrogen-bond donors (Lipinski definition) is 3. The first-order valence-electron chi connectivity index (χ1n) is 9.72. The van der Waals surface area contributed by atoms with Gasteiger partial charge in [0, 0.05) is 42.9 Å². The summed E-state index contributed by atoms with van der Waals surface area (Å²) in [5, 5.41) is 23.7. The van der Waals surface area contributed by atoms with E-state index in [4.69, 9.17) is 4.98 Å². The molecule has 0 amide bonds. The highest BCUT2D eigenvalue weighted by molar-refractivity contribution is 5.16. The van der Waals surface area contributed by atoms with Gasteiger partial charge in [0.05, 0.1) is 6.10 Å². The van der Waals surface area contributed by atoms with E-state index in [1.165, 1.54) is 12.1 Å². The number of rotatable bonds is 7. The van der Waals surface area contributed by atoms with Crippen LogP contribution in [0.25, 0.3) is 0 Å². The molecule has 2 aliphatic carbocycles. The van der Waals surface area contributed by atoms with Crippen LogP contribution in [0.2, 0.25) is 0 Å². The fourth-order valence-corrected chi connectivity index (χ4v) is 4.14. The number of halogens is 1. The number of aliphatic hydroxyl groups excluding tert-OH is 2. The van der Waals surface area contributed by atoms with Gasteiger partial charge in [0.25, 0.3) is 0 Å². The van der Waals surface area contributed by atoms with Crippen LogP contribution in [-0.4, -0.2) is 38.9 Å². The maximum atomic E-state index is 13.1. The summed E-state index contributed by atoms with van der Waals surface area (Å²) in [4.78, 5) is 9.09. The Bertz CT molecular complexity index is 766. The summed E-state index contributed by atoms with van der Waals surface area (Å²) in [7, 11) is 0. The van der Waals surface area contributed by atoms with Gasteiger partial charge in [-0.15, -0.1) is 0 Å². The van der Waals surface area contributed by atoms with Crippen molar-refractivity contribution in [2.75, 3.05) is 6.61 Å². The van der Waals surface area contributed by atoms with E-state index < -0.39 is 6.10 Å². The smallest absolute Gasteiger partial charge is 0.131 e. The van der Waals surface area contributed by atoms with Crippen LogP contribution in [0.3, 0.4) is 0 Å². The first-order chi connectivity index (χ1) is 13.1. The molecule has 4 atom stereocenters. The number of nitrogens with zero attached hydrogens (tertiary/aromatic N) is 2. The Morgan fingerprint density at radius 1 is 1.11 bits per heavy atom. The van der Waals surface area contributed by atoms with Gasteiger partial charge in [-0.3, -0.25) is 0 Å². The number of hydrogen-bond acceptors (Lipinski definition) is 5. The topological polar surface area (TPSA) is 78.3 Å². The minimum absolute atomic E-state index is 0.0405. The minimum atomic E-state index is -0.532. The predicted molar refractivity (Wildman–Crippen MR) is 99.4 cm³/mol. The van der Waals surface area contributed by atoms with Crippen LogP contribution < -0.4 is 5.32 Å². The van der Waals surface area contributed by atoms with E-state index in [9.17, 15) is 14.6 Å². The maximum absolute atomic E-state index is 13.1. The first kappa shape index (κ1) is 18.5. The molecule has 144 valence electrons.